The molecule has 11 nitrogen and oxygen atoms in total. The minimum absolute atomic E-state index is 0.00249. The summed E-state index contributed by atoms with van der Waals surface area (Å²) in [5.74, 6) is 0.808. The molecule has 1 aromatic rings. The van der Waals surface area contributed by atoms with Crippen molar-refractivity contribution >= 4 is 17.7 Å². The zero-order valence-corrected chi connectivity index (χ0v) is 21.4. The summed E-state index contributed by atoms with van der Waals surface area (Å²) in [5, 5.41) is 19.3. The lowest BCUT2D eigenvalue weighted by molar-refractivity contribution is 0.112. The van der Waals surface area contributed by atoms with Gasteiger partial charge in [0.1, 0.15) is 17.5 Å². The highest BCUT2D eigenvalue weighted by atomic mass is 16.6. The monoisotopic (exact) mass is 524 g/mol. The number of methoxy groups -OCH3 is 1. The summed E-state index contributed by atoms with van der Waals surface area (Å²) in [7, 11) is 1.49. The Bertz CT molecular complexity index is 1220. The first-order chi connectivity index (χ1) is 18.2. The number of alkyl carbamates (subject to hydrolysis) is 1. The van der Waals surface area contributed by atoms with Crippen LogP contribution in [0.2, 0.25) is 0 Å². The summed E-state index contributed by atoms with van der Waals surface area (Å²) < 4.78 is 21.8. The molecule has 2 heterocycles. The fourth-order valence-corrected chi connectivity index (χ4v) is 4.95. The number of nitrogens with one attached hydrogen (secondary N) is 3. The molecule has 5 rings (SSSR count). The van der Waals surface area contributed by atoms with E-state index < -0.39 is 17.7 Å². The number of carbonyl (C=O) groups excluding carboxylic acids is 2. The van der Waals surface area contributed by atoms with E-state index >= 15 is 0 Å². The molecule has 1 saturated heterocycles. The van der Waals surface area contributed by atoms with Gasteiger partial charge in [-0.1, -0.05) is 12.2 Å². The van der Waals surface area contributed by atoms with Crippen molar-refractivity contribution in [2.75, 3.05) is 26.9 Å². The van der Waals surface area contributed by atoms with E-state index in [-0.39, 0.29) is 17.4 Å². The van der Waals surface area contributed by atoms with Gasteiger partial charge in [-0.2, -0.15) is 0 Å². The second-order valence-electron chi connectivity index (χ2n) is 10.2. The third kappa shape index (κ3) is 6.00. The second-order valence-corrected chi connectivity index (χ2v) is 10.2. The van der Waals surface area contributed by atoms with Crippen molar-refractivity contribution in [3.8, 4) is 0 Å². The third-order valence-electron chi connectivity index (χ3n) is 7.06. The topological polar surface area (TPSA) is 144 Å². The number of aliphatic hydroxyl groups is 1. The lowest BCUT2D eigenvalue weighted by Gasteiger charge is -2.20. The summed E-state index contributed by atoms with van der Waals surface area (Å²) in [4.78, 5) is 29.0. The van der Waals surface area contributed by atoms with Gasteiger partial charge in [0.25, 0.3) is 0 Å². The van der Waals surface area contributed by atoms with E-state index in [1.807, 2.05) is 12.2 Å². The number of carbonyl (C=O) groups is 2. The number of urea groups is 1. The Labute approximate surface area is 220 Å². The average Bonchev–Trinajstić information content (AvgIpc) is 3.22. The Morgan fingerprint density at radius 3 is 2.89 bits per heavy atom. The minimum Gasteiger partial charge on any atom is -0.496 e. The molecule has 1 aliphatic heterocycles. The standard InChI is InChI=1S/C27H32N4O7/c1-26(34)10-19(9-21(35-2)20(11-26)22-14-28-16-37-22)31-24(32)30-18-5-3-4-17(8-18)13-29-25(33)38-23-12-27(23)6-7-36-15-27/h3-5,9-11,14,16-17,23,34H,6-8,12-13,15H2,1-2H3,(H,29,33)(H2,30,31,32)/t17?,23?,26-,27+/m0/s1. The largest absolute Gasteiger partial charge is 0.496 e. The molecule has 4 N–H and O–H groups in total. The van der Waals surface area contributed by atoms with E-state index in [2.05, 4.69) is 20.9 Å². The van der Waals surface area contributed by atoms with Gasteiger partial charge in [-0.15, -0.1) is 0 Å². The Balaban J connectivity index is 1.12. The van der Waals surface area contributed by atoms with Crippen LogP contribution in [-0.4, -0.2) is 60.8 Å². The van der Waals surface area contributed by atoms with Gasteiger partial charge >= 0.3 is 12.1 Å². The molecule has 0 radical (unpaired) electrons. The number of rotatable bonds is 7. The molecule has 3 amide bonds. The second kappa shape index (κ2) is 10.5. The summed E-state index contributed by atoms with van der Waals surface area (Å²) in [6.45, 7) is 3.35. The SMILES string of the molecule is COC1=CC(NC(=O)NC2=CC=CC(CNC(=O)OC3C[C@@]34CCOC4)C2)=C[C@](C)(O)C=C1c1cnco1. The summed E-state index contributed by atoms with van der Waals surface area (Å²) in [5.41, 5.74) is 0.165. The number of hydrogen-bond acceptors (Lipinski definition) is 8. The highest BCUT2D eigenvalue weighted by molar-refractivity contribution is 5.81. The van der Waals surface area contributed by atoms with Gasteiger partial charge in [-0.05, 0) is 44.4 Å². The van der Waals surface area contributed by atoms with Crippen molar-refractivity contribution in [1.82, 2.24) is 20.9 Å². The molecule has 4 aliphatic rings. The fraction of sp³-hybridized carbons (Fsp3) is 0.444. The molecule has 0 aromatic carbocycles. The van der Waals surface area contributed by atoms with Crippen LogP contribution in [0.15, 0.2) is 70.6 Å². The van der Waals surface area contributed by atoms with E-state index in [0.717, 1.165) is 19.4 Å². The van der Waals surface area contributed by atoms with Crippen LogP contribution in [0, 0.1) is 11.3 Å². The summed E-state index contributed by atoms with van der Waals surface area (Å²) in [6, 6.07) is -0.479. The van der Waals surface area contributed by atoms with Crippen LogP contribution in [0.3, 0.4) is 0 Å². The molecular weight excluding hydrogens is 492 g/mol. The van der Waals surface area contributed by atoms with Crippen LogP contribution in [-0.2, 0) is 14.2 Å². The van der Waals surface area contributed by atoms with Crippen molar-refractivity contribution in [3.05, 3.63) is 72.0 Å². The maximum absolute atomic E-state index is 12.8. The molecule has 1 saturated carbocycles. The lowest BCUT2D eigenvalue weighted by Crippen LogP contribution is -2.37. The number of aromatic nitrogens is 1. The average molecular weight is 525 g/mol. The zero-order valence-electron chi connectivity index (χ0n) is 21.4. The molecular formula is C27H32N4O7. The van der Waals surface area contributed by atoms with Gasteiger partial charge in [-0.25, -0.2) is 14.6 Å². The molecule has 0 bridgehead atoms. The first kappa shape index (κ1) is 25.8. The van der Waals surface area contributed by atoms with Gasteiger partial charge < -0.3 is 39.7 Å². The van der Waals surface area contributed by atoms with Gasteiger partial charge in [0.05, 0.1) is 25.5 Å². The van der Waals surface area contributed by atoms with E-state index in [4.69, 9.17) is 18.6 Å². The van der Waals surface area contributed by atoms with Crippen LogP contribution >= 0.6 is 0 Å². The van der Waals surface area contributed by atoms with E-state index in [1.165, 1.54) is 25.8 Å². The Morgan fingerprint density at radius 2 is 2.16 bits per heavy atom. The Morgan fingerprint density at radius 1 is 1.29 bits per heavy atom. The van der Waals surface area contributed by atoms with Crippen LogP contribution in [0.25, 0.3) is 5.57 Å². The smallest absolute Gasteiger partial charge is 0.407 e. The van der Waals surface area contributed by atoms with Crippen molar-refractivity contribution in [1.29, 1.82) is 0 Å². The maximum Gasteiger partial charge on any atom is 0.407 e. The normalized spacial score (nSPS) is 29.9. The number of amides is 3. The van der Waals surface area contributed by atoms with Crippen molar-refractivity contribution in [2.24, 2.45) is 11.3 Å². The Hall–Kier alpha value is -3.83. The van der Waals surface area contributed by atoms with E-state index in [1.54, 1.807) is 25.2 Å². The quantitative estimate of drug-likeness (QED) is 0.426. The molecule has 4 atom stereocenters. The first-order valence-corrected chi connectivity index (χ1v) is 12.6. The number of hydrogen-bond donors (Lipinski definition) is 4. The number of nitrogens with zero attached hydrogens (tertiary/aromatic N) is 1. The van der Waals surface area contributed by atoms with Crippen molar-refractivity contribution < 1.29 is 33.3 Å². The number of ether oxygens (including phenoxy) is 3. The van der Waals surface area contributed by atoms with Gasteiger partial charge in [0.2, 0.25) is 0 Å². The predicted octanol–water partition coefficient (Wildman–Crippen LogP) is 2.90. The molecule has 2 unspecified atom stereocenters. The highest BCUT2D eigenvalue weighted by Gasteiger charge is 2.59. The maximum atomic E-state index is 12.8. The summed E-state index contributed by atoms with van der Waals surface area (Å²) in [6.07, 6.45) is 14.9. The van der Waals surface area contributed by atoms with Gasteiger partial charge in [0, 0.05) is 42.0 Å². The lowest BCUT2D eigenvalue weighted by atomic mass is 9.98. The zero-order chi connectivity index (χ0) is 26.8. The van der Waals surface area contributed by atoms with Crippen LogP contribution in [0.4, 0.5) is 9.59 Å². The van der Waals surface area contributed by atoms with Crippen LogP contribution in [0.1, 0.15) is 31.9 Å². The fourth-order valence-electron chi connectivity index (χ4n) is 4.95. The van der Waals surface area contributed by atoms with E-state index in [0.29, 0.717) is 48.1 Å². The van der Waals surface area contributed by atoms with Crippen LogP contribution < -0.4 is 16.0 Å². The molecule has 11 heteroatoms. The molecule has 3 aliphatic carbocycles. The Kier molecular flexibility index (Phi) is 7.13. The van der Waals surface area contributed by atoms with Crippen molar-refractivity contribution in [3.63, 3.8) is 0 Å². The molecule has 1 aromatic heterocycles. The first-order valence-electron chi connectivity index (χ1n) is 12.6. The van der Waals surface area contributed by atoms with Crippen molar-refractivity contribution in [2.45, 2.75) is 37.9 Å². The van der Waals surface area contributed by atoms with E-state index in [9.17, 15) is 14.7 Å². The number of allylic oxidation sites excluding steroid dienone is 5. The van der Waals surface area contributed by atoms with Crippen LogP contribution in [0.5, 0.6) is 0 Å². The van der Waals surface area contributed by atoms with Gasteiger partial charge in [0.15, 0.2) is 12.2 Å². The predicted molar refractivity (Wildman–Crippen MR) is 136 cm³/mol. The minimum atomic E-state index is -1.40. The molecule has 202 valence electrons. The van der Waals surface area contributed by atoms with Gasteiger partial charge in [-0.3, -0.25) is 0 Å². The molecule has 1 spiro atoms. The highest BCUT2D eigenvalue weighted by Crippen LogP contribution is 2.54. The summed E-state index contributed by atoms with van der Waals surface area (Å²) >= 11 is 0. The third-order valence-corrected chi connectivity index (χ3v) is 7.06. The molecule has 38 heavy (non-hydrogen) atoms. The molecule has 2 fully saturated rings. The number of oxazole rings is 1.